The highest BCUT2D eigenvalue weighted by molar-refractivity contribution is 6.34. The number of ether oxygens (including phenoxy) is 3. The van der Waals surface area contributed by atoms with Gasteiger partial charge in [0.1, 0.15) is 11.4 Å². The highest BCUT2D eigenvalue weighted by atomic mass is 35.5. The summed E-state index contributed by atoms with van der Waals surface area (Å²) in [6, 6.07) is 11.5. The number of ketones is 1. The maximum atomic E-state index is 13.1. The third-order valence-corrected chi connectivity index (χ3v) is 5.10. The highest BCUT2D eigenvalue weighted by Gasteiger charge is 2.29. The molecule has 7 nitrogen and oxygen atoms in total. The molecule has 0 spiro atoms. The van der Waals surface area contributed by atoms with Crippen LogP contribution in [-0.2, 0) is 19.1 Å². The molecule has 1 heterocycles. The second kappa shape index (κ2) is 10.7. The van der Waals surface area contributed by atoms with Crippen molar-refractivity contribution in [3.63, 3.8) is 0 Å². The van der Waals surface area contributed by atoms with E-state index in [0.29, 0.717) is 29.2 Å². The van der Waals surface area contributed by atoms with Crippen LogP contribution in [-0.4, -0.2) is 38.5 Å². The SMILES string of the molecule is CCOc1ccc(C(=O)c2ccc(Cl)c(N3C=CC=CC(C(=O)OC)=C3C(=O)OC)c2)cc1. The van der Waals surface area contributed by atoms with Crippen molar-refractivity contribution in [1.82, 2.24) is 0 Å². The topological polar surface area (TPSA) is 82.1 Å². The molecule has 0 saturated carbocycles. The molecule has 2 aromatic carbocycles. The average molecular weight is 468 g/mol. The number of allylic oxidation sites excluding steroid dienone is 2. The first-order valence-electron chi connectivity index (χ1n) is 10.0. The molecular weight excluding hydrogens is 446 g/mol. The quantitative estimate of drug-likeness (QED) is 0.439. The van der Waals surface area contributed by atoms with E-state index in [4.69, 9.17) is 25.8 Å². The van der Waals surface area contributed by atoms with E-state index in [1.165, 1.54) is 25.2 Å². The van der Waals surface area contributed by atoms with Gasteiger partial charge in [-0.2, -0.15) is 0 Å². The molecule has 0 saturated heterocycles. The van der Waals surface area contributed by atoms with Gasteiger partial charge in [-0.3, -0.25) is 4.79 Å². The van der Waals surface area contributed by atoms with Crippen molar-refractivity contribution >= 4 is 35.0 Å². The normalized spacial score (nSPS) is 12.9. The summed E-state index contributed by atoms with van der Waals surface area (Å²) in [5, 5.41) is 0.260. The molecule has 0 N–H and O–H groups in total. The van der Waals surface area contributed by atoms with Crippen molar-refractivity contribution in [2.24, 2.45) is 0 Å². The van der Waals surface area contributed by atoms with Gasteiger partial charge in [0, 0.05) is 17.3 Å². The zero-order valence-corrected chi connectivity index (χ0v) is 19.1. The summed E-state index contributed by atoms with van der Waals surface area (Å²) in [5.74, 6) is -1.08. The molecule has 8 heteroatoms. The second-order valence-electron chi connectivity index (χ2n) is 6.77. The maximum absolute atomic E-state index is 13.1. The first-order valence-corrected chi connectivity index (χ1v) is 10.4. The largest absolute Gasteiger partial charge is 0.494 e. The van der Waals surface area contributed by atoms with E-state index in [9.17, 15) is 14.4 Å². The third-order valence-electron chi connectivity index (χ3n) is 4.78. The lowest BCUT2D eigenvalue weighted by Gasteiger charge is -2.24. The van der Waals surface area contributed by atoms with Crippen LogP contribution in [0.2, 0.25) is 5.02 Å². The number of methoxy groups -OCH3 is 2. The molecule has 0 aliphatic carbocycles. The molecule has 0 bridgehead atoms. The van der Waals surface area contributed by atoms with Crippen LogP contribution in [0.1, 0.15) is 22.8 Å². The van der Waals surface area contributed by atoms with E-state index in [2.05, 4.69) is 0 Å². The smallest absolute Gasteiger partial charge is 0.355 e. The van der Waals surface area contributed by atoms with E-state index in [1.54, 1.807) is 60.8 Å². The number of hydrogen-bond donors (Lipinski definition) is 0. The van der Waals surface area contributed by atoms with Crippen LogP contribution in [0.4, 0.5) is 5.69 Å². The zero-order valence-electron chi connectivity index (χ0n) is 18.3. The molecule has 33 heavy (non-hydrogen) atoms. The second-order valence-corrected chi connectivity index (χ2v) is 7.18. The summed E-state index contributed by atoms with van der Waals surface area (Å²) < 4.78 is 15.1. The minimum atomic E-state index is -0.772. The molecule has 0 aromatic heterocycles. The number of carbonyl (C=O) groups is 3. The van der Waals surface area contributed by atoms with Crippen LogP contribution in [0.5, 0.6) is 5.75 Å². The minimum Gasteiger partial charge on any atom is -0.494 e. The van der Waals surface area contributed by atoms with Gasteiger partial charge in [0.25, 0.3) is 0 Å². The van der Waals surface area contributed by atoms with Crippen LogP contribution < -0.4 is 9.64 Å². The Morgan fingerprint density at radius 1 is 0.909 bits per heavy atom. The summed E-state index contributed by atoms with van der Waals surface area (Å²) in [5.41, 5.74) is 0.998. The number of halogens is 1. The Balaban J connectivity index is 2.08. The number of hydrogen-bond acceptors (Lipinski definition) is 7. The molecule has 2 aromatic rings. The van der Waals surface area contributed by atoms with Gasteiger partial charge >= 0.3 is 11.9 Å². The highest BCUT2D eigenvalue weighted by Crippen LogP contribution is 2.33. The lowest BCUT2D eigenvalue weighted by Crippen LogP contribution is -2.27. The van der Waals surface area contributed by atoms with E-state index in [0.717, 1.165) is 0 Å². The maximum Gasteiger partial charge on any atom is 0.355 e. The van der Waals surface area contributed by atoms with Crippen LogP contribution in [0, 0.1) is 0 Å². The number of rotatable bonds is 7. The van der Waals surface area contributed by atoms with Gasteiger partial charge in [0.05, 0.1) is 37.1 Å². The first-order chi connectivity index (χ1) is 15.9. The van der Waals surface area contributed by atoms with Crippen LogP contribution in [0.3, 0.4) is 0 Å². The molecule has 0 unspecified atom stereocenters. The summed E-state index contributed by atoms with van der Waals surface area (Å²) >= 11 is 6.45. The Hall–Kier alpha value is -3.84. The van der Waals surface area contributed by atoms with Gasteiger partial charge < -0.3 is 19.1 Å². The first kappa shape index (κ1) is 23.8. The fraction of sp³-hybridized carbons (Fsp3) is 0.160. The minimum absolute atomic E-state index is 0.0198. The fourth-order valence-corrected chi connectivity index (χ4v) is 3.43. The van der Waals surface area contributed by atoms with Crippen LogP contribution in [0.25, 0.3) is 0 Å². The molecule has 0 amide bonds. The van der Waals surface area contributed by atoms with Gasteiger partial charge in [-0.25, -0.2) is 9.59 Å². The molecule has 1 aliphatic rings. The summed E-state index contributed by atoms with van der Waals surface area (Å²) in [6.07, 6.45) is 6.19. The average Bonchev–Trinajstić information content (AvgIpc) is 3.06. The number of anilines is 1. The summed E-state index contributed by atoms with van der Waals surface area (Å²) in [4.78, 5) is 39.5. The van der Waals surface area contributed by atoms with Crippen LogP contribution in [0.15, 0.2) is 78.2 Å². The lowest BCUT2D eigenvalue weighted by molar-refractivity contribution is -0.139. The molecule has 0 radical (unpaired) electrons. The Morgan fingerprint density at radius 2 is 1.58 bits per heavy atom. The summed E-state index contributed by atoms with van der Waals surface area (Å²) in [7, 11) is 2.41. The number of esters is 2. The molecule has 3 rings (SSSR count). The predicted molar refractivity (Wildman–Crippen MR) is 124 cm³/mol. The predicted octanol–water partition coefficient (Wildman–Crippen LogP) is 4.46. The van der Waals surface area contributed by atoms with Crippen LogP contribution >= 0.6 is 11.6 Å². The number of nitrogens with zero attached hydrogens (tertiary/aromatic N) is 1. The molecule has 0 atom stereocenters. The van der Waals surface area contributed by atoms with E-state index in [1.807, 2.05) is 6.92 Å². The van der Waals surface area contributed by atoms with Crippen molar-refractivity contribution in [1.29, 1.82) is 0 Å². The van der Waals surface area contributed by atoms with Crippen molar-refractivity contribution in [3.8, 4) is 5.75 Å². The Morgan fingerprint density at radius 3 is 2.21 bits per heavy atom. The molecule has 1 aliphatic heterocycles. The Kier molecular flexibility index (Phi) is 7.69. The van der Waals surface area contributed by atoms with Gasteiger partial charge in [0.2, 0.25) is 0 Å². The lowest BCUT2D eigenvalue weighted by atomic mass is 10.0. The van der Waals surface area contributed by atoms with Crippen molar-refractivity contribution in [3.05, 3.63) is 94.3 Å². The number of carbonyl (C=O) groups excluding carboxylic acids is 3. The summed E-state index contributed by atoms with van der Waals surface area (Å²) in [6.45, 7) is 2.40. The van der Waals surface area contributed by atoms with E-state index in [-0.39, 0.29) is 22.1 Å². The zero-order chi connectivity index (χ0) is 24.0. The molecular formula is C25H22ClNO6. The van der Waals surface area contributed by atoms with Gasteiger partial charge in [0.15, 0.2) is 5.78 Å². The van der Waals surface area contributed by atoms with Gasteiger partial charge in [-0.15, -0.1) is 0 Å². The van der Waals surface area contributed by atoms with E-state index >= 15 is 0 Å². The van der Waals surface area contributed by atoms with Crippen molar-refractivity contribution in [2.75, 3.05) is 25.7 Å². The Bertz CT molecular complexity index is 1160. The fourth-order valence-electron chi connectivity index (χ4n) is 3.23. The van der Waals surface area contributed by atoms with Crippen molar-refractivity contribution < 1.29 is 28.6 Å². The Labute approximate surface area is 196 Å². The molecule has 0 fully saturated rings. The standard InChI is InChI=1S/C25H22ClNO6/c1-4-33-18-11-8-16(9-12-18)23(28)17-10-13-20(26)21(15-17)27-14-6-5-7-19(24(29)31-2)22(27)25(30)32-3/h5-15H,4H2,1-3H3. The van der Waals surface area contributed by atoms with E-state index < -0.39 is 11.9 Å². The third kappa shape index (κ3) is 5.15. The van der Waals surface area contributed by atoms with Gasteiger partial charge in [-0.1, -0.05) is 17.7 Å². The van der Waals surface area contributed by atoms with Crippen molar-refractivity contribution in [2.45, 2.75) is 6.92 Å². The molecule has 170 valence electrons. The monoisotopic (exact) mass is 467 g/mol. The number of benzene rings is 2. The van der Waals surface area contributed by atoms with Gasteiger partial charge in [-0.05, 0) is 61.5 Å².